The second-order valence-electron chi connectivity index (χ2n) is 4.37. The molecule has 2 heteroatoms. The summed E-state index contributed by atoms with van der Waals surface area (Å²) >= 11 is 3.69. The minimum Gasteiger partial charge on any atom is -0.151 e. The molecule has 2 aromatic heterocycles. The van der Waals surface area contributed by atoms with Gasteiger partial charge in [-0.1, -0.05) is 30.3 Å². The smallest absolute Gasteiger partial charge is 0.00924 e. The molecular formula is C16H14S2. The summed E-state index contributed by atoms with van der Waals surface area (Å²) in [5, 5.41) is 4.53. The zero-order valence-electron chi connectivity index (χ0n) is 10.2. The number of hydrogen-bond acceptors (Lipinski definition) is 2. The van der Waals surface area contributed by atoms with Crippen molar-refractivity contribution < 1.29 is 0 Å². The molecule has 0 saturated heterocycles. The van der Waals surface area contributed by atoms with E-state index in [0.717, 1.165) is 6.42 Å². The molecule has 0 amide bonds. The van der Waals surface area contributed by atoms with Gasteiger partial charge in [-0.2, -0.15) is 11.3 Å². The van der Waals surface area contributed by atoms with Crippen molar-refractivity contribution in [3.63, 3.8) is 0 Å². The standard InChI is InChI=1S/C16H14S2/c1-12-7-8-15(18-12)9-14-10-17-11-16(14)13-5-3-2-4-6-13/h2-8,10-11H,9H2,1H3. The number of benzene rings is 1. The van der Waals surface area contributed by atoms with E-state index in [9.17, 15) is 0 Å². The minimum atomic E-state index is 1.05. The van der Waals surface area contributed by atoms with Crippen LogP contribution in [-0.2, 0) is 6.42 Å². The lowest BCUT2D eigenvalue weighted by molar-refractivity contribution is 1.27. The maximum absolute atomic E-state index is 2.28. The molecule has 2 heterocycles. The Hall–Kier alpha value is -1.38. The summed E-state index contributed by atoms with van der Waals surface area (Å²) in [5.41, 5.74) is 4.14. The van der Waals surface area contributed by atoms with E-state index in [2.05, 4.69) is 60.1 Å². The van der Waals surface area contributed by atoms with Crippen LogP contribution >= 0.6 is 22.7 Å². The molecule has 0 radical (unpaired) electrons. The fourth-order valence-corrected chi connectivity index (χ4v) is 3.88. The van der Waals surface area contributed by atoms with Crippen LogP contribution in [0, 0.1) is 6.92 Å². The van der Waals surface area contributed by atoms with Gasteiger partial charge in [0.05, 0.1) is 0 Å². The van der Waals surface area contributed by atoms with Crippen molar-refractivity contribution in [1.82, 2.24) is 0 Å². The summed E-state index contributed by atoms with van der Waals surface area (Å²) in [6.45, 7) is 2.17. The van der Waals surface area contributed by atoms with E-state index in [1.54, 1.807) is 11.3 Å². The topological polar surface area (TPSA) is 0 Å². The van der Waals surface area contributed by atoms with Crippen LogP contribution in [0.3, 0.4) is 0 Å². The van der Waals surface area contributed by atoms with Crippen molar-refractivity contribution in [3.05, 3.63) is 68.5 Å². The molecule has 0 N–H and O–H groups in total. The molecule has 0 spiro atoms. The van der Waals surface area contributed by atoms with E-state index in [-0.39, 0.29) is 0 Å². The van der Waals surface area contributed by atoms with E-state index in [4.69, 9.17) is 0 Å². The van der Waals surface area contributed by atoms with E-state index in [1.165, 1.54) is 26.4 Å². The average Bonchev–Trinajstić information content (AvgIpc) is 3.00. The van der Waals surface area contributed by atoms with Crippen molar-refractivity contribution in [3.8, 4) is 11.1 Å². The fourth-order valence-electron chi connectivity index (χ4n) is 2.10. The molecule has 3 aromatic rings. The molecule has 0 fully saturated rings. The Morgan fingerprint density at radius 3 is 2.50 bits per heavy atom. The summed E-state index contributed by atoms with van der Waals surface area (Å²) in [5.74, 6) is 0. The third-order valence-corrected chi connectivity index (χ3v) is 4.78. The summed E-state index contributed by atoms with van der Waals surface area (Å²) in [7, 11) is 0. The maximum atomic E-state index is 2.28. The van der Waals surface area contributed by atoms with Crippen LogP contribution in [0.1, 0.15) is 15.3 Å². The molecule has 0 unspecified atom stereocenters. The second kappa shape index (κ2) is 5.09. The molecule has 0 bridgehead atoms. The van der Waals surface area contributed by atoms with Gasteiger partial charge >= 0.3 is 0 Å². The number of hydrogen-bond donors (Lipinski definition) is 0. The Labute approximate surface area is 116 Å². The van der Waals surface area contributed by atoms with Gasteiger partial charge in [-0.05, 0) is 46.5 Å². The molecule has 0 aliphatic rings. The second-order valence-corrected chi connectivity index (χ2v) is 6.48. The van der Waals surface area contributed by atoms with Crippen molar-refractivity contribution in [2.24, 2.45) is 0 Å². The highest BCUT2D eigenvalue weighted by Crippen LogP contribution is 2.30. The number of aryl methyl sites for hydroxylation is 1. The highest BCUT2D eigenvalue weighted by Gasteiger charge is 2.07. The minimum absolute atomic E-state index is 1.05. The Balaban J connectivity index is 1.93. The monoisotopic (exact) mass is 270 g/mol. The largest absolute Gasteiger partial charge is 0.151 e. The van der Waals surface area contributed by atoms with Gasteiger partial charge in [0.2, 0.25) is 0 Å². The normalized spacial score (nSPS) is 10.7. The number of rotatable bonds is 3. The molecule has 0 atom stereocenters. The van der Waals surface area contributed by atoms with Crippen LogP contribution in [0.4, 0.5) is 0 Å². The van der Waals surface area contributed by atoms with Gasteiger partial charge in [0.1, 0.15) is 0 Å². The summed E-state index contributed by atoms with van der Waals surface area (Å²) in [4.78, 5) is 2.84. The van der Waals surface area contributed by atoms with Crippen LogP contribution in [0.2, 0.25) is 0 Å². The highest BCUT2D eigenvalue weighted by molar-refractivity contribution is 7.12. The molecule has 0 aliphatic carbocycles. The summed E-state index contributed by atoms with van der Waals surface area (Å²) < 4.78 is 0. The van der Waals surface area contributed by atoms with Gasteiger partial charge in [0.25, 0.3) is 0 Å². The van der Waals surface area contributed by atoms with Gasteiger partial charge in [0, 0.05) is 16.2 Å². The molecular weight excluding hydrogens is 256 g/mol. The first-order valence-electron chi connectivity index (χ1n) is 5.99. The van der Waals surface area contributed by atoms with Crippen LogP contribution in [0.5, 0.6) is 0 Å². The Morgan fingerprint density at radius 1 is 0.944 bits per heavy atom. The highest BCUT2D eigenvalue weighted by atomic mass is 32.1. The summed E-state index contributed by atoms with van der Waals surface area (Å²) in [6.07, 6.45) is 1.05. The molecule has 18 heavy (non-hydrogen) atoms. The zero-order chi connectivity index (χ0) is 12.4. The molecule has 0 aliphatic heterocycles. The third kappa shape index (κ3) is 2.40. The van der Waals surface area contributed by atoms with Crippen LogP contribution in [0.15, 0.2) is 53.2 Å². The molecule has 90 valence electrons. The number of thiophene rings is 2. The molecule has 0 saturated carbocycles. The summed E-state index contributed by atoms with van der Waals surface area (Å²) in [6, 6.07) is 15.1. The Bertz CT molecular complexity index is 632. The van der Waals surface area contributed by atoms with E-state index < -0.39 is 0 Å². The molecule has 1 aromatic carbocycles. The Morgan fingerprint density at radius 2 is 1.78 bits per heavy atom. The van der Waals surface area contributed by atoms with Gasteiger partial charge in [-0.15, -0.1) is 11.3 Å². The van der Waals surface area contributed by atoms with Gasteiger partial charge < -0.3 is 0 Å². The van der Waals surface area contributed by atoms with Crippen molar-refractivity contribution in [2.75, 3.05) is 0 Å². The lowest BCUT2D eigenvalue weighted by Gasteiger charge is -2.03. The first kappa shape index (κ1) is 11.7. The van der Waals surface area contributed by atoms with Gasteiger partial charge in [-0.25, -0.2) is 0 Å². The fraction of sp³-hybridized carbons (Fsp3) is 0.125. The lowest BCUT2D eigenvalue weighted by Crippen LogP contribution is -1.85. The Kier molecular flexibility index (Phi) is 3.31. The molecule has 0 nitrogen and oxygen atoms in total. The van der Waals surface area contributed by atoms with Gasteiger partial charge in [0.15, 0.2) is 0 Å². The van der Waals surface area contributed by atoms with Gasteiger partial charge in [-0.3, -0.25) is 0 Å². The first-order chi connectivity index (χ1) is 8.83. The van der Waals surface area contributed by atoms with Crippen molar-refractivity contribution in [1.29, 1.82) is 0 Å². The average molecular weight is 270 g/mol. The molecule has 3 rings (SSSR count). The quantitative estimate of drug-likeness (QED) is 0.599. The SMILES string of the molecule is Cc1ccc(Cc2cscc2-c2ccccc2)s1. The van der Waals surface area contributed by atoms with Crippen molar-refractivity contribution >= 4 is 22.7 Å². The van der Waals surface area contributed by atoms with Crippen LogP contribution in [0.25, 0.3) is 11.1 Å². The predicted molar refractivity (Wildman–Crippen MR) is 81.6 cm³/mol. The predicted octanol–water partition coefficient (Wildman–Crippen LogP) is 5.38. The zero-order valence-corrected chi connectivity index (χ0v) is 11.9. The van der Waals surface area contributed by atoms with Crippen LogP contribution in [-0.4, -0.2) is 0 Å². The van der Waals surface area contributed by atoms with E-state index in [1.807, 2.05) is 11.3 Å². The first-order valence-corrected chi connectivity index (χ1v) is 7.74. The third-order valence-electron chi connectivity index (χ3n) is 2.99. The lowest BCUT2D eigenvalue weighted by atomic mass is 10.0. The van der Waals surface area contributed by atoms with Crippen molar-refractivity contribution in [2.45, 2.75) is 13.3 Å². The van der Waals surface area contributed by atoms with E-state index in [0.29, 0.717) is 0 Å². The van der Waals surface area contributed by atoms with E-state index >= 15 is 0 Å². The maximum Gasteiger partial charge on any atom is 0.00924 e. The van der Waals surface area contributed by atoms with Crippen LogP contribution < -0.4 is 0 Å².